The van der Waals surface area contributed by atoms with Crippen molar-refractivity contribution in [3.8, 4) is 0 Å². The highest BCUT2D eigenvalue weighted by Crippen LogP contribution is 2.32. The molecule has 0 spiro atoms. The van der Waals surface area contributed by atoms with Crippen molar-refractivity contribution >= 4 is 0 Å². The van der Waals surface area contributed by atoms with Crippen LogP contribution in [0, 0.1) is 5.92 Å². The number of hydrogen-bond donors (Lipinski definition) is 2. The molecule has 2 aliphatic carbocycles. The molecule has 2 rings (SSSR count). The Labute approximate surface area is 74.4 Å². The van der Waals surface area contributed by atoms with Gasteiger partial charge in [-0.1, -0.05) is 12.8 Å². The highest BCUT2D eigenvalue weighted by atomic mass is 16.3. The second-order valence-electron chi connectivity index (χ2n) is 4.29. The minimum absolute atomic E-state index is 0.0643. The van der Waals surface area contributed by atoms with Crippen LogP contribution in [0.25, 0.3) is 0 Å². The van der Waals surface area contributed by atoms with Gasteiger partial charge in [0.1, 0.15) is 0 Å². The first-order valence-electron chi connectivity index (χ1n) is 5.28. The predicted molar refractivity (Wildman–Crippen MR) is 49.0 cm³/mol. The largest absolute Gasteiger partial charge is 0.392 e. The van der Waals surface area contributed by atoms with Gasteiger partial charge in [0.05, 0.1) is 6.10 Å². The van der Waals surface area contributed by atoms with Gasteiger partial charge in [0, 0.05) is 12.6 Å². The van der Waals surface area contributed by atoms with Gasteiger partial charge in [-0.3, -0.25) is 0 Å². The molecule has 0 heterocycles. The van der Waals surface area contributed by atoms with E-state index in [1.54, 1.807) is 0 Å². The summed E-state index contributed by atoms with van der Waals surface area (Å²) in [6.45, 7) is 0.829. The Morgan fingerprint density at radius 3 is 2.42 bits per heavy atom. The average molecular weight is 169 g/mol. The molecule has 2 nitrogen and oxygen atoms in total. The lowest BCUT2D eigenvalue weighted by Crippen LogP contribution is -2.34. The van der Waals surface area contributed by atoms with E-state index in [-0.39, 0.29) is 6.10 Å². The van der Waals surface area contributed by atoms with Gasteiger partial charge in [-0.25, -0.2) is 0 Å². The molecule has 0 amide bonds. The zero-order valence-electron chi connectivity index (χ0n) is 7.63. The van der Waals surface area contributed by atoms with Crippen LogP contribution in [0.15, 0.2) is 0 Å². The Morgan fingerprint density at radius 2 is 1.83 bits per heavy atom. The van der Waals surface area contributed by atoms with Gasteiger partial charge in [0.15, 0.2) is 0 Å². The lowest BCUT2D eigenvalue weighted by Gasteiger charge is -2.15. The molecule has 2 aliphatic rings. The summed E-state index contributed by atoms with van der Waals surface area (Å²) >= 11 is 0. The average Bonchev–Trinajstić information content (AvgIpc) is 2.80. The van der Waals surface area contributed by atoms with Crippen LogP contribution in [0.5, 0.6) is 0 Å². The third-order valence-corrected chi connectivity index (χ3v) is 3.14. The van der Waals surface area contributed by atoms with E-state index < -0.39 is 0 Å². The molecule has 2 saturated carbocycles. The SMILES string of the molecule is OC(CNC1CCCC1)C1CC1. The van der Waals surface area contributed by atoms with E-state index in [9.17, 15) is 5.11 Å². The van der Waals surface area contributed by atoms with E-state index in [1.807, 2.05) is 0 Å². The summed E-state index contributed by atoms with van der Waals surface area (Å²) in [4.78, 5) is 0. The highest BCUT2D eigenvalue weighted by Gasteiger charge is 2.29. The van der Waals surface area contributed by atoms with E-state index in [0.29, 0.717) is 12.0 Å². The molecule has 0 aromatic carbocycles. The predicted octanol–water partition coefficient (Wildman–Crippen LogP) is 1.29. The first-order valence-corrected chi connectivity index (χ1v) is 5.28. The fourth-order valence-corrected chi connectivity index (χ4v) is 2.07. The van der Waals surface area contributed by atoms with Crippen molar-refractivity contribution in [2.45, 2.75) is 50.7 Å². The Bertz CT molecular complexity index is 137. The Hall–Kier alpha value is -0.0800. The van der Waals surface area contributed by atoms with E-state index in [0.717, 1.165) is 6.54 Å². The molecule has 0 saturated heterocycles. The van der Waals surface area contributed by atoms with Crippen molar-refractivity contribution < 1.29 is 5.11 Å². The van der Waals surface area contributed by atoms with Crippen molar-refractivity contribution in [3.05, 3.63) is 0 Å². The standard InChI is InChI=1S/C10H19NO/c12-10(8-5-6-8)7-11-9-3-1-2-4-9/h8-12H,1-7H2. The van der Waals surface area contributed by atoms with Crippen LogP contribution in [-0.2, 0) is 0 Å². The molecular weight excluding hydrogens is 150 g/mol. The number of rotatable bonds is 4. The lowest BCUT2D eigenvalue weighted by atomic mass is 10.2. The fraction of sp³-hybridized carbons (Fsp3) is 1.00. The first-order chi connectivity index (χ1) is 5.86. The molecule has 1 atom stereocenters. The molecular formula is C10H19NO. The molecule has 70 valence electrons. The van der Waals surface area contributed by atoms with E-state index >= 15 is 0 Å². The van der Waals surface area contributed by atoms with Gasteiger partial charge in [-0.05, 0) is 31.6 Å². The summed E-state index contributed by atoms with van der Waals surface area (Å²) in [6, 6.07) is 0.707. The summed E-state index contributed by atoms with van der Waals surface area (Å²) in [5.41, 5.74) is 0. The maximum Gasteiger partial charge on any atom is 0.0692 e. The summed E-state index contributed by atoms with van der Waals surface area (Å²) < 4.78 is 0. The lowest BCUT2D eigenvalue weighted by molar-refractivity contribution is 0.145. The van der Waals surface area contributed by atoms with Gasteiger partial charge >= 0.3 is 0 Å². The van der Waals surface area contributed by atoms with Crippen LogP contribution in [0.3, 0.4) is 0 Å². The number of nitrogens with one attached hydrogen (secondary N) is 1. The second-order valence-corrected chi connectivity index (χ2v) is 4.29. The second kappa shape index (κ2) is 3.75. The summed E-state index contributed by atoms with van der Waals surface area (Å²) in [6.07, 6.45) is 7.80. The third kappa shape index (κ3) is 2.20. The number of aliphatic hydroxyl groups is 1. The Kier molecular flexibility index (Phi) is 2.66. The summed E-state index contributed by atoms with van der Waals surface area (Å²) in [5.74, 6) is 0.624. The van der Waals surface area contributed by atoms with Crippen LogP contribution in [0.4, 0.5) is 0 Å². The zero-order valence-corrected chi connectivity index (χ0v) is 7.63. The molecule has 0 radical (unpaired) electrons. The van der Waals surface area contributed by atoms with Crippen LogP contribution in [0.2, 0.25) is 0 Å². The summed E-state index contributed by atoms with van der Waals surface area (Å²) in [7, 11) is 0. The van der Waals surface area contributed by atoms with E-state index in [4.69, 9.17) is 0 Å². The number of hydrogen-bond acceptors (Lipinski definition) is 2. The topological polar surface area (TPSA) is 32.3 Å². The molecule has 0 aromatic rings. The van der Waals surface area contributed by atoms with Crippen molar-refractivity contribution in [1.29, 1.82) is 0 Å². The molecule has 0 bridgehead atoms. The molecule has 12 heavy (non-hydrogen) atoms. The zero-order chi connectivity index (χ0) is 8.39. The number of aliphatic hydroxyl groups excluding tert-OH is 1. The molecule has 0 aliphatic heterocycles. The minimum Gasteiger partial charge on any atom is -0.392 e. The van der Waals surface area contributed by atoms with E-state index in [2.05, 4.69) is 5.32 Å². The van der Waals surface area contributed by atoms with E-state index in [1.165, 1.54) is 38.5 Å². The molecule has 2 N–H and O–H groups in total. The van der Waals surface area contributed by atoms with Crippen molar-refractivity contribution in [2.24, 2.45) is 5.92 Å². The van der Waals surface area contributed by atoms with Crippen molar-refractivity contribution in [1.82, 2.24) is 5.32 Å². The normalized spacial score (nSPS) is 27.8. The quantitative estimate of drug-likeness (QED) is 0.664. The molecule has 2 heteroatoms. The van der Waals surface area contributed by atoms with Crippen LogP contribution >= 0.6 is 0 Å². The summed E-state index contributed by atoms with van der Waals surface area (Å²) in [5, 5.41) is 13.0. The van der Waals surface area contributed by atoms with Gasteiger partial charge in [-0.15, -0.1) is 0 Å². The van der Waals surface area contributed by atoms with Crippen LogP contribution < -0.4 is 5.32 Å². The molecule has 0 aromatic heterocycles. The first kappa shape index (κ1) is 8.52. The van der Waals surface area contributed by atoms with Gasteiger partial charge in [-0.2, -0.15) is 0 Å². The smallest absolute Gasteiger partial charge is 0.0692 e. The van der Waals surface area contributed by atoms with Crippen molar-refractivity contribution in [2.75, 3.05) is 6.54 Å². The maximum atomic E-state index is 9.59. The van der Waals surface area contributed by atoms with Gasteiger partial charge in [0.2, 0.25) is 0 Å². The van der Waals surface area contributed by atoms with Crippen molar-refractivity contribution in [3.63, 3.8) is 0 Å². The minimum atomic E-state index is -0.0643. The van der Waals surface area contributed by atoms with Gasteiger partial charge in [0.25, 0.3) is 0 Å². The Morgan fingerprint density at radius 1 is 1.17 bits per heavy atom. The molecule has 2 fully saturated rings. The van der Waals surface area contributed by atoms with Crippen LogP contribution in [-0.4, -0.2) is 23.8 Å². The Balaban J connectivity index is 1.60. The van der Waals surface area contributed by atoms with Gasteiger partial charge < -0.3 is 10.4 Å². The monoisotopic (exact) mass is 169 g/mol. The molecule has 1 unspecified atom stereocenters. The fourth-order valence-electron chi connectivity index (χ4n) is 2.07. The third-order valence-electron chi connectivity index (χ3n) is 3.14. The highest BCUT2D eigenvalue weighted by molar-refractivity contribution is 4.84. The maximum absolute atomic E-state index is 9.59. The van der Waals surface area contributed by atoms with Crippen LogP contribution in [0.1, 0.15) is 38.5 Å².